The third-order valence-corrected chi connectivity index (χ3v) is 7.69. The van der Waals surface area contributed by atoms with Crippen LogP contribution in [-0.2, 0) is 9.53 Å². The van der Waals surface area contributed by atoms with Crippen LogP contribution in [-0.4, -0.2) is 33.5 Å². The summed E-state index contributed by atoms with van der Waals surface area (Å²) in [4.78, 5) is 13.6. The van der Waals surface area contributed by atoms with Crippen molar-refractivity contribution in [3.63, 3.8) is 0 Å². The lowest BCUT2D eigenvalue weighted by Crippen LogP contribution is -2.77. The van der Waals surface area contributed by atoms with Gasteiger partial charge in [0.1, 0.15) is 5.76 Å². The first kappa shape index (κ1) is 19.9. The van der Waals surface area contributed by atoms with Crippen LogP contribution in [0.25, 0.3) is 0 Å². The van der Waals surface area contributed by atoms with Gasteiger partial charge >= 0.3 is 0 Å². The minimum atomic E-state index is -0.793. The Labute approximate surface area is 159 Å². The van der Waals surface area contributed by atoms with Crippen molar-refractivity contribution in [3.8, 4) is 0 Å². The van der Waals surface area contributed by atoms with E-state index in [4.69, 9.17) is 4.74 Å². The van der Waals surface area contributed by atoms with Crippen LogP contribution in [0.2, 0.25) is 0 Å². The third kappa shape index (κ3) is 2.51. The highest BCUT2D eigenvalue weighted by atomic mass is 16.5. The summed E-state index contributed by atoms with van der Waals surface area (Å²) in [6, 6.07) is 0. The first-order valence-corrected chi connectivity index (χ1v) is 10.1. The summed E-state index contributed by atoms with van der Waals surface area (Å²) >= 11 is 0. The number of carbonyl (C=O) groups excluding carboxylic acids is 1. The van der Waals surface area contributed by atoms with Gasteiger partial charge in [0.2, 0.25) is 0 Å². The zero-order chi connectivity index (χ0) is 19.9. The highest BCUT2D eigenvalue weighted by Crippen LogP contribution is 2.52. The zero-order valence-electron chi connectivity index (χ0n) is 18.4. The minimum absolute atomic E-state index is 0.0823. The number of carbonyl (C=O) groups is 1. The Balaban J connectivity index is 2.11. The SMILES string of the molecule is C[C@@H]1C2=C(CC[C@@]3(O2)C(=O)[C@H](C)C(C)(C)NC3(C)C)C(C)(C)NC1(C)C. The number of ketones is 1. The molecule has 0 aromatic carbocycles. The molecule has 26 heavy (non-hydrogen) atoms. The number of hydrogen-bond donors (Lipinski definition) is 2. The highest BCUT2D eigenvalue weighted by Gasteiger charge is 2.64. The van der Waals surface area contributed by atoms with Gasteiger partial charge in [-0.25, -0.2) is 0 Å². The first-order chi connectivity index (χ1) is 11.6. The van der Waals surface area contributed by atoms with Crippen molar-refractivity contribution in [2.45, 2.75) is 110 Å². The lowest BCUT2D eigenvalue weighted by atomic mass is 9.61. The van der Waals surface area contributed by atoms with E-state index >= 15 is 0 Å². The molecule has 0 radical (unpaired) electrons. The van der Waals surface area contributed by atoms with E-state index in [0.29, 0.717) is 0 Å². The predicted octanol–water partition coefficient (Wildman–Crippen LogP) is 3.95. The normalized spacial score (nSPS) is 40.2. The fourth-order valence-corrected chi connectivity index (χ4v) is 5.63. The van der Waals surface area contributed by atoms with E-state index in [1.54, 1.807) is 0 Å². The molecule has 0 amide bonds. The van der Waals surface area contributed by atoms with Gasteiger partial charge in [0, 0.05) is 34.9 Å². The van der Waals surface area contributed by atoms with Crippen molar-refractivity contribution >= 4 is 5.78 Å². The number of piperidine rings is 1. The van der Waals surface area contributed by atoms with Crippen LogP contribution in [0.1, 0.15) is 82.1 Å². The number of ether oxygens (including phenoxy) is 1. The fourth-order valence-electron chi connectivity index (χ4n) is 5.63. The van der Waals surface area contributed by atoms with Crippen LogP contribution in [0, 0.1) is 11.8 Å². The summed E-state index contributed by atoms with van der Waals surface area (Å²) in [5, 5.41) is 7.53. The minimum Gasteiger partial charge on any atom is -0.482 e. The lowest BCUT2D eigenvalue weighted by molar-refractivity contribution is -0.175. The van der Waals surface area contributed by atoms with Crippen molar-refractivity contribution in [3.05, 3.63) is 11.3 Å². The molecule has 0 unspecified atom stereocenters. The average molecular weight is 363 g/mol. The van der Waals surface area contributed by atoms with Gasteiger partial charge in [-0.2, -0.15) is 0 Å². The largest absolute Gasteiger partial charge is 0.482 e. The molecule has 148 valence electrons. The van der Waals surface area contributed by atoms with Crippen LogP contribution >= 0.6 is 0 Å². The number of hydrogen-bond acceptors (Lipinski definition) is 4. The van der Waals surface area contributed by atoms with E-state index < -0.39 is 11.1 Å². The average Bonchev–Trinajstić information content (AvgIpc) is 2.47. The second-order valence-electron chi connectivity index (χ2n) is 11.0. The Bertz CT molecular complexity index is 672. The first-order valence-electron chi connectivity index (χ1n) is 10.1. The second kappa shape index (κ2) is 5.35. The van der Waals surface area contributed by atoms with E-state index in [1.165, 1.54) is 5.57 Å². The van der Waals surface area contributed by atoms with Gasteiger partial charge in [-0.05, 0) is 67.4 Å². The Morgan fingerprint density at radius 2 is 1.42 bits per heavy atom. The molecular formula is C22H38N2O2. The van der Waals surface area contributed by atoms with Crippen molar-refractivity contribution in [2.75, 3.05) is 0 Å². The maximum atomic E-state index is 13.6. The maximum absolute atomic E-state index is 13.6. The van der Waals surface area contributed by atoms with Gasteiger partial charge in [-0.15, -0.1) is 0 Å². The molecule has 0 bridgehead atoms. The van der Waals surface area contributed by atoms with Gasteiger partial charge in [-0.3, -0.25) is 4.79 Å². The van der Waals surface area contributed by atoms with Crippen LogP contribution in [0.15, 0.2) is 11.3 Å². The van der Waals surface area contributed by atoms with Gasteiger partial charge < -0.3 is 15.4 Å². The van der Waals surface area contributed by atoms with Crippen molar-refractivity contribution < 1.29 is 9.53 Å². The molecule has 0 saturated carbocycles. The van der Waals surface area contributed by atoms with Gasteiger partial charge in [0.15, 0.2) is 11.4 Å². The summed E-state index contributed by atoms with van der Waals surface area (Å²) in [5.41, 5.74) is -0.317. The van der Waals surface area contributed by atoms with Crippen molar-refractivity contribution in [1.29, 1.82) is 0 Å². The van der Waals surface area contributed by atoms with E-state index in [-0.39, 0.29) is 34.2 Å². The molecule has 0 aromatic rings. The van der Waals surface area contributed by atoms with Crippen LogP contribution in [0.3, 0.4) is 0 Å². The number of nitrogens with one attached hydrogen (secondary N) is 2. The molecule has 3 aliphatic rings. The van der Waals surface area contributed by atoms with E-state index in [0.717, 1.165) is 18.6 Å². The fraction of sp³-hybridized carbons (Fsp3) is 0.864. The van der Waals surface area contributed by atoms with E-state index in [1.807, 2.05) is 6.92 Å². The molecule has 4 nitrogen and oxygen atoms in total. The maximum Gasteiger partial charge on any atom is 0.184 e. The summed E-state index contributed by atoms with van der Waals surface area (Å²) in [5.74, 6) is 1.42. The topological polar surface area (TPSA) is 50.4 Å². The molecule has 3 heterocycles. The molecule has 1 spiro atoms. The van der Waals surface area contributed by atoms with Crippen LogP contribution in [0.5, 0.6) is 0 Å². The van der Waals surface area contributed by atoms with Crippen LogP contribution < -0.4 is 10.6 Å². The summed E-state index contributed by atoms with van der Waals surface area (Å²) in [6.45, 7) is 21.7. The Morgan fingerprint density at radius 1 is 0.885 bits per heavy atom. The molecule has 3 rings (SSSR count). The van der Waals surface area contributed by atoms with E-state index in [9.17, 15) is 4.79 Å². The lowest BCUT2D eigenvalue weighted by Gasteiger charge is -2.60. The molecule has 2 N–H and O–H groups in total. The highest BCUT2D eigenvalue weighted by molar-refractivity contribution is 5.93. The summed E-state index contributed by atoms with van der Waals surface area (Å²) in [6.07, 6.45) is 1.64. The van der Waals surface area contributed by atoms with Gasteiger partial charge in [0.05, 0.1) is 5.54 Å². The molecule has 3 atom stereocenters. The van der Waals surface area contributed by atoms with Gasteiger partial charge in [-0.1, -0.05) is 13.8 Å². The second-order valence-corrected chi connectivity index (χ2v) is 11.0. The molecule has 0 aromatic heterocycles. The third-order valence-electron chi connectivity index (χ3n) is 7.69. The zero-order valence-corrected chi connectivity index (χ0v) is 18.4. The Kier molecular flexibility index (Phi) is 4.09. The van der Waals surface area contributed by atoms with Gasteiger partial charge in [0.25, 0.3) is 0 Å². The smallest absolute Gasteiger partial charge is 0.184 e. The molecule has 1 fully saturated rings. The molecule has 1 saturated heterocycles. The predicted molar refractivity (Wildman–Crippen MR) is 106 cm³/mol. The van der Waals surface area contributed by atoms with E-state index in [2.05, 4.69) is 72.9 Å². The Morgan fingerprint density at radius 3 is 2.00 bits per heavy atom. The molecule has 3 aliphatic heterocycles. The number of Topliss-reactive ketones (excluding diaryl/α,β-unsaturated/α-hetero) is 1. The molecular weight excluding hydrogens is 324 g/mol. The van der Waals surface area contributed by atoms with Crippen molar-refractivity contribution in [2.24, 2.45) is 11.8 Å². The number of rotatable bonds is 0. The molecule has 0 aliphatic carbocycles. The Hall–Kier alpha value is -0.870. The quantitative estimate of drug-likeness (QED) is 0.685. The van der Waals surface area contributed by atoms with Crippen molar-refractivity contribution in [1.82, 2.24) is 10.6 Å². The van der Waals surface area contributed by atoms with Crippen LogP contribution in [0.4, 0.5) is 0 Å². The summed E-state index contributed by atoms with van der Waals surface area (Å²) in [7, 11) is 0. The monoisotopic (exact) mass is 362 g/mol. The molecule has 4 heteroatoms. The summed E-state index contributed by atoms with van der Waals surface area (Å²) < 4.78 is 6.82. The standard InChI is InChI=1S/C22H38N2O2/c1-13-16-15(20(7,8)23-18(13,3)4)11-12-22(26-16)17(25)14(2)19(5,6)24-21(22,9)10/h13-14,23-24H,11-12H2,1-10H3/t13-,14+,22-/m1/s1.